The number of esters is 2. The van der Waals surface area contributed by atoms with Gasteiger partial charge in [0.25, 0.3) is 0 Å². The zero-order valence-electron chi connectivity index (χ0n) is 51.5. The molecule has 2 atom stereocenters. The Morgan fingerprint density at radius 2 is 0.733 bits per heavy atom. The van der Waals surface area contributed by atoms with Crippen molar-refractivity contribution in [3.8, 4) is 11.5 Å². The van der Waals surface area contributed by atoms with Crippen LogP contribution < -0.4 is 20.1 Å². The van der Waals surface area contributed by atoms with Crippen LogP contribution in [0.4, 0.5) is 32.3 Å². The third-order valence-electron chi connectivity index (χ3n) is 14.4. The van der Waals surface area contributed by atoms with Crippen molar-refractivity contribution in [3.63, 3.8) is 0 Å². The molecule has 0 saturated heterocycles. The minimum atomic E-state index is -0.518. The number of rotatable bonds is 42. The second-order valence-electron chi connectivity index (χ2n) is 22.0. The fraction of sp³-hybridized carbons (Fsp3) is 0.444. The smallest absolute Gasteiger partial charge is 0.411 e. The Balaban J connectivity index is 0.770. The molecule has 0 aromatic heterocycles. The van der Waals surface area contributed by atoms with Crippen molar-refractivity contribution in [1.29, 1.82) is 0 Å². The first-order valence-corrected chi connectivity index (χ1v) is 31.4. The zero-order valence-corrected chi connectivity index (χ0v) is 51.5. The summed E-state index contributed by atoms with van der Waals surface area (Å²) in [6.45, 7) is 11.2. The Hall–Kier alpha value is -8.00. The van der Waals surface area contributed by atoms with Crippen LogP contribution in [0.3, 0.4) is 0 Å². The van der Waals surface area contributed by atoms with E-state index in [1.807, 2.05) is 109 Å². The number of nitrogens with one attached hydrogen (secondary N) is 2. The molecule has 0 aliphatic heterocycles. The molecule has 2 N–H and O–H groups in total. The first-order chi connectivity index (χ1) is 42.0. The zero-order chi connectivity index (χ0) is 61.1. The molecule has 0 fully saturated rings. The van der Waals surface area contributed by atoms with Crippen LogP contribution in [0, 0.1) is 11.8 Å². The lowest BCUT2D eigenvalue weighted by Crippen LogP contribution is -2.16. The van der Waals surface area contributed by atoms with Gasteiger partial charge in [0.15, 0.2) is 0 Å². The van der Waals surface area contributed by atoms with E-state index in [1.54, 1.807) is 36.4 Å². The second kappa shape index (κ2) is 42.7. The highest BCUT2D eigenvalue weighted by Crippen LogP contribution is 2.21. The summed E-state index contributed by atoms with van der Waals surface area (Å²) in [4.78, 5) is 57.9. The highest BCUT2D eigenvalue weighted by Gasteiger charge is 2.09. The van der Waals surface area contributed by atoms with Gasteiger partial charge in [0.05, 0.1) is 51.0 Å². The molecule has 0 saturated carbocycles. The average molecular weight is 1180 g/mol. The van der Waals surface area contributed by atoms with Gasteiger partial charge in [0, 0.05) is 36.0 Å². The topological polar surface area (TPSA) is 172 Å². The number of hydrogen-bond acceptors (Lipinski definition) is 12. The number of amides is 2. The van der Waals surface area contributed by atoms with Crippen LogP contribution in [-0.4, -0.2) is 76.2 Å². The lowest BCUT2D eigenvalue weighted by atomic mass is 10.1. The van der Waals surface area contributed by atoms with Gasteiger partial charge in [-0.25, -0.2) is 19.2 Å². The minimum absolute atomic E-state index is 0.329. The molecule has 14 nitrogen and oxygen atoms in total. The monoisotopic (exact) mass is 1170 g/mol. The van der Waals surface area contributed by atoms with Crippen molar-refractivity contribution in [2.45, 2.75) is 156 Å². The molecule has 14 heteroatoms. The number of anilines is 2. The van der Waals surface area contributed by atoms with Gasteiger partial charge in [0.2, 0.25) is 0 Å². The normalized spacial score (nSPS) is 12.1. The lowest BCUT2D eigenvalue weighted by Gasteiger charge is -2.10. The van der Waals surface area contributed by atoms with Gasteiger partial charge < -0.3 is 28.4 Å². The predicted octanol–water partition coefficient (Wildman–Crippen LogP) is 18.7. The Morgan fingerprint density at radius 3 is 1.08 bits per heavy atom. The molecule has 0 bridgehead atoms. The Kier molecular flexibility index (Phi) is 34.2. The first kappa shape index (κ1) is 68.8. The largest absolute Gasteiger partial charge is 0.494 e. The van der Waals surface area contributed by atoms with Gasteiger partial charge >= 0.3 is 24.1 Å². The fourth-order valence-corrected chi connectivity index (χ4v) is 8.63. The number of hydrogen-bond donors (Lipinski definition) is 2. The van der Waals surface area contributed by atoms with Gasteiger partial charge in [-0.1, -0.05) is 161 Å². The maximum Gasteiger partial charge on any atom is 0.411 e. The number of benzene rings is 5. The molecular formula is C72H94N4O10. The second-order valence-corrected chi connectivity index (χ2v) is 22.0. The van der Waals surface area contributed by atoms with E-state index >= 15 is 0 Å². The number of carbonyl (C=O) groups is 4. The van der Waals surface area contributed by atoms with Crippen LogP contribution in [0.25, 0.3) is 12.2 Å². The van der Waals surface area contributed by atoms with Crippen LogP contribution in [-0.2, 0) is 28.5 Å². The summed E-state index contributed by atoms with van der Waals surface area (Å²) in [5, 5.41) is 5.50. The maximum absolute atomic E-state index is 12.4. The van der Waals surface area contributed by atoms with Gasteiger partial charge in [-0.3, -0.25) is 20.6 Å². The molecule has 5 rings (SSSR count). The molecule has 0 aliphatic rings. The van der Waals surface area contributed by atoms with Crippen LogP contribution in [0.5, 0.6) is 11.5 Å². The molecule has 0 heterocycles. The van der Waals surface area contributed by atoms with E-state index in [2.05, 4.69) is 48.3 Å². The summed E-state index contributed by atoms with van der Waals surface area (Å²) in [7, 11) is 0. The minimum Gasteiger partial charge on any atom is -0.494 e. The summed E-state index contributed by atoms with van der Waals surface area (Å²) in [6.07, 6.45) is 30.6. The van der Waals surface area contributed by atoms with Crippen molar-refractivity contribution < 1.29 is 47.6 Å². The van der Waals surface area contributed by atoms with Crippen LogP contribution in [0.15, 0.2) is 143 Å². The summed E-state index contributed by atoms with van der Waals surface area (Å²) in [5.74, 6) is 1.75. The summed E-state index contributed by atoms with van der Waals surface area (Å²) < 4.78 is 33.3. The molecule has 0 spiro atoms. The van der Waals surface area contributed by atoms with E-state index in [9.17, 15) is 19.2 Å². The summed E-state index contributed by atoms with van der Waals surface area (Å²) in [6, 6.07) is 38.2. The molecule has 0 radical (unpaired) electrons. The van der Waals surface area contributed by atoms with E-state index in [0.717, 1.165) is 135 Å². The van der Waals surface area contributed by atoms with Gasteiger partial charge in [-0.2, -0.15) is 0 Å². The molecule has 2 amide bonds. The number of unbranched alkanes of at least 4 members (excludes halogenated alkanes) is 16. The standard InChI is InChI=1S/C72H94N4O10/c1-5-57(3)55-85-69(77)46-36-59-28-38-63(39-29-59)73-53-61-32-42-67(43-33-61)81-48-21-17-13-9-7-11-15-19-23-50-83-71(79)75-65-26-25-27-66(52-65)76-72(80)84-51-24-20-16-12-8-10-14-18-22-49-82-68-44-34-62(35-45-68)54-74-64-40-30-60(31-41-64)37-47-70(78)86-56-58(4)6-2/h25-47,52-54,57-58H,5-24,48-51,55-56H2,1-4H3,(H,75,79)(H,76,80)/b46-36+,47-37+,73-53?,74-54?/t57-,58-/m0/s1. The number of nitrogens with zero attached hydrogens (tertiary/aromatic N) is 2. The number of ether oxygens (including phenoxy) is 6. The van der Waals surface area contributed by atoms with Crippen LogP contribution >= 0.6 is 0 Å². The van der Waals surface area contributed by atoms with Crippen molar-refractivity contribution in [2.75, 3.05) is 50.3 Å². The quantitative estimate of drug-likeness (QED) is 0.0126. The van der Waals surface area contributed by atoms with Gasteiger partial charge in [0.1, 0.15) is 11.5 Å². The molecule has 462 valence electrons. The van der Waals surface area contributed by atoms with Crippen molar-refractivity contribution in [2.24, 2.45) is 21.8 Å². The Morgan fingerprint density at radius 1 is 0.407 bits per heavy atom. The molecule has 86 heavy (non-hydrogen) atoms. The number of carbonyl (C=O) groups excluding carboxylic acids is 4. The van der Waals surface area contributed by atoms with E-state index in [-0.39, 0.29) is 11.9 Å². The van der Waals surface area contributed by atoms with E-state index in [1.165, 1.54) is 50.7 Å². The Labute approximate surface area is 512 Å². The molecular weight excluding hydrogens is 1080 g/mol. The van der Waals surface area contributed by atoms with Crippen molar-refractivity contribution in [3.05, 3.63) is 156 Å². The third-order valence-corrected chi connectivity index (χ3v) is 14.4. The van der Waals surface area contributed by atoms with E-state index in [0.29, 0.717) is 62.9 Å². The van der Waals surface area contributed by atoms with Crippen LogP contribution in [0.1, 0.15) is 178 Å². The highest BCUT2D eigenvalue weighted by atomic mass is 16.6. The summed E-state index contributed by atoms with van der Waals surface area (Å²) >= 11 is 0. The SMILES string of the molecule is CC[C@H](C)COC(=O)/C=C/c1ccc(N=Cc2ccc(OCCCCCCCCCCCOC(=O)Nc3cccc(NC(=O)OCCCCCCCCCCCOc4ccc(C=Nc5ccc(/C=C/C(=O)OC[C@@H](C)CC)cc5)cc4)c3)cc2)cc1. The van der Waals surface area contributed by atoms with Gasteiger partial charge in [-0.15, -0.1) is 0 Å². The average Bonchev–Trinajstić information content (AvgIpc) is 3.61. The lowest BCUT2D eigenvalue weighted by molar-refractivity contribution is -0.139. The number of aliphatic imine (C=N–C) groups is 2. The van der Waals surface area contributed by atoms with E-state index < -0.39 is 12.2 Å². The van der Waals surface area contributed by atoms with Crippen molar-refractivity contribution in [1.82, 2.24) is 0 Å². The first-order valence-electron chi connectivity index (χ1n) is 31.4. The van der Waals surface area contributed by atoms with Crippen molar-refractivity contribution >= 4 is 71.5 Å². The molecule has 5 aromatic carbocycles. The molecule has 0 unspecified atom stereocenters. The van der Waals surface area contributed by atoms with Gasteiger partial charge in [-0.05, 0) is 163 Å². The molecule has 5 aromatic rings. The maximum atomic E-state index is 12.4. The predicted molar refractivity (Wildman–Crippen MR) is 350 cm³/mol. The highest BCUT2D eigenvalue weighted by molar-refractivity contribution is 5.90. The third kappa shape index (κ3) is 31.8. The summed E-state index contributed by atoms with van der Waals surface area (Å²) in [5.41, 5.74) is 6.49. The molecule has 0 aliphatic carbocycles. The fourth-order valence-electron chi connectivity index (χ4n) is 8.63. The van der Waals surface area contributed by atoms with E-state index in [4.69, 9.17) is 28.4 Å². The Bertz CT molecular complexity index is 2620. The van der Waals surface area contributed by atoms with Crippen LogP contribution in [0.2, 0.25) is 0 Å².